The van der Waals surface area contributed by atoms with E-state index in [2.05, 4.69) is 22.3 Å². The standard InChI is InChI=1S/C25H31Cl2N3O3S/c26-23-8-7-19(15-24(23)27)18-34(32,33)30-13-9-20(10-14-30)25(31)28-16-21-5-1-2-6-22(21)17-29-11-3-4-12-29/h1-2,5-8,15,20H,3-4,9-14,16-18H2,(H,28,31). The normalized spacial score (nSPS) is 18.3. The second-order valence-electron chi connectivity index (χ2n) is 9.15. The van der Waals surface area contributed by atoms with E-state index in [0.29, 0.717) is 48.1 Å². The molecule has 2 aliphatic rings. The second-order valence-corrected chi connectivity index (χ2v) is 11.9. The van der Waals surface area contributed by atoms with E-state index in [4.69, 9.17) is 23.2 Å². The molecule has 0 bridgehead atoms. The lowest BCUT2D eigenvalue weighted by molar-refractivity contribution is -0.126. The molecule has 0 aromatic heterocycles. The molecular weight excluding hydrogens is 493 g/mol. The highest BCUT2D eigenvalue weighted by molar-refractivity contribution is 7.88. The third-order valence-corrected chi connectivity index (χ3v) is 9.30. The van der Waals surface area contributed by atoms with Crippen LogP contribution in [-0.2, 0) is 33.7 Å². The number of hydrogen-bond acceptors (Lipinski definition) is 4. The Morgan fingerprint density at radius 2 is 1.62 bits per heavy atom. The number of carbonyl (C=O) groups excluding carboxylic acids is 1. The van der Waals surface area contributed by atoms with Gasteiger partial charge in [0.2, 0.25) is 15.9 Å². The topological polar surface area (TPSA) is 69.7 Å². The molecule has 0 saturated carbocycles. The summed E-state index contributed by atoms with van der Waals surface area (Å²) in [5.74, 6) is -0.311. The van der Waals surface area contributed by atoms with Gasteiger partial charge in [-0.05, 0) is 67.6 Å². The Hall–Kier alpha value is -1.64. The zero-order chi connectivity index (χ0) is 24.1. The van der Waals surface area contributed by atoms with Gasteiger partial charge >= 0.3 is 0 Å². The Morgan fingerprint density at radius 1 is 0.941 bits per heavy atom. The first kappa shape index (κ1) is 25.5. The molecule has 2 saturated heterocycles. The van der Waals surface area contributed by atoms with E-state index in [9.17, 15) is 13.2 Å². The number of hydrogen-bond donors (Lipinski definition) is 1. The van der Waals surface area contributed by atoms with Gasteiger partial charge in [0.25, 0.3) is 0 Å². The minimum atomic E-state index is -3.49. The number of nitrogens with one attached hydrogen (secondary N) is 1. The summed E-state index contributed by atoms with van der Waals surface area (Å²) in [6.07, 6.45) is 3.53. The van der Waals surface area contributed by atoms with Crippen molar-refractivity contribution < 1.29 is 13.2 Å². The SMILES string of the molecule is O=C(NCc1ccccc1CN1CCCC1)C1CCN(S(=O)(=O)Cc2ccc(Cl)c(Cl)c2)CC1. The summed E-state index contributed by atoms with van der Waals surface area (Å²) in [5.41, 5.74) is 3.00. The van der Waals surface area contributed by atoms with Crippen LogP contribution in [0.5, 0.6) is 0 Å². The molecule has 1 amide bonds. The maximum atomic E-state index is 12.9. The molecule has 6 nitrogen and oxygen atoms in total. The smallest absolute Gasteiger partial charge is 0.223 e. The zero-order valence-electron chi connectivity index (χ0n) is 19.2. The van der Waals surface area contributed by atoms with Crippen LogP contribution in [0.2, 0.25) is 10.0 Å². The summed E-state index contributed by atoms with van der Waals surface area (Å²) in [5, 5.41) is 3.82. The minimum absolute atomic E-state index is 0.00231. The first-order valence-corrected chi connectivity index (χ1v) is 14.2. The number of carbonyl (C=O) groups is 1. The number of piperidine rings is 1. The van der Waals surface area contributed by atoms with E-state index in [1.54, 1.807) is 18.2 Å². The Labute approximate surface area is 212 Å². The molecule has 2 aromatic carbocycles. The van der Waals surface area contributed by atoms with Gasteiger partial charge in [0.15, 0.2) is 0 Å². The van der Waals surface area contributed by atoms with Crippen LogP contribution < -0.4 is 5.32 Å². The largest absolute Gasteiger partial charge is 0.352 e. The molecule has 0 spiro atoms. The van der Waals surface area contributed by atoms with Crippen molar-refractivity contribution in [3.8, 4) is 0 Å². The molecule has 0 radical (unpaired) electrons. The summed E-state index contributed by atoms with van der Waals surface area (Å²) in [7, 11) is -3.49. The Kier molecular flexibility index (Phi) is 8.53. The minimum Gasteiger partial charge on any atom is -0.352 e. The summed E-state index contributed by atoms with van der Waals surface area (Å²) in [6, 6.07) is 13.1. The fourth-order valence-electron chi connectivity index (χ4n) is 4.72. The second kappa shape index (κ2) is 11.4. The van der Waals surface area contributed by atoms with Crippen molar-refractivity contribution in [3.05, 3.63) is 69.2 Å². The third-order valence-electron chi connectivity index (χ3n) is 6.72. The fraction of sp³-hybridized carbons (Fsp3) is 0.480. The third kappa shape index (κ3) is 6.52. The van der Waals surface area contributed by atoms with Crippen LogP contribution in [-0.4, -0.2) is 49.7 Å². The lowest BCUT2D eigenvalue weighted by atomic mass is 9.97. The molecule has 9 heteroatoms. The molecule has 2 heterocycles. The number of rotatable bonds is 8. The van der Waals surface area contributed by atoms with Crippen LogP contribution in [0.25, 0.3) is 0 Å². The van der Waals surface area contributed by atoms with E-state index >= 15 is 0 Å². The van der Waals surface area contributed by atoms with E-state index in [1.165, 1.54) is 22.7 Å². The van der Waals surface area contributed by atoms with Crippen molar-refractivity contribution in [3.63, 3.8) is 0 Å². The van der Waals surface area contributed by atoms with Crippen molar-refractivity contribution in [1.29, 1.82) is 0 Å². The molecule has 0 unspecified atom stereocenters. The highest BCUT2D eigenvalue weighted by atomic mass is 35.5. The van der Waals surface area contributed by atoms with Crippen LogP contribution in [0.15, 0.2) is 42.5 Å². The highest BCUT2D eigenvalue weighted by Gasteiger charge is 2.31. The van der Waals surface area contributed by atoms with Crippen LogP contribution >= 0.6 is 23.2 Å². The van der Waals surface area contributed by atoms with Gasteiger partial charge in [-0.1, -0.05) is 53.5 Å². The highest BCUT2D eigenvalue weighted by Crippen LogP contribution is 2.26. The van der Waals surface area contributed by atoms with Gasteiger partial charge in [0.05, 0.1) is 15.8 Å². The van der Waals surface area contributed by atoms with Crippen LogP contribution in [0.4, 0.5) is 0 Å². The predicted molar refractivity (Wildman–Crippen MR) is 136 cm³/mol. The molecular formula is C25H31Cl2N3O3S. The van der Waals surface area contributed by atoms with Gasteiger partial charge in [-0.15, -0.1) is 0 Å². The molecule has 1 N–H and O–H groups in total. The van der Waals surface area contributed by atoms with Gasteiger partial charge in [-0.3, -0.25) is 9.69 Å². The van der Waals surface area contributed by atoms with Gasteiger partial charge < -0.3 is 5.32 Å². The summed E-state index contributed by atoms with van der Waals surface area (Å²) in [4.78, 5) is 15.3. The number of halogens is 2. The van der Waals surface area contributed by atoms with Gasteiger partial charge in [0, 0.05) is 32.1 Å². The molecule has 0 atom stereocenters. The quantitative estimate of drug-likeness (QED) is 0.554. The van der Waals surface area contributed by atoms with Crippen LogP contribution in [0, 0.1) is 5.92 Å². The lowest BCUT2D eigenvalue weighted by Gasteiger charge is -2.30. The zero-order valence-corrected chi connectivity index (χ0v) is 21.5. The molecule has 34 heavy (non-hydrogen) atoms. The summed E-state index contributed by atoms with van der Waals surface area (Å²) < 4.78 is 27.2. The first-order valence-electron chi connectivity index (χ1n) is 11.8. The number of benzene rings is 2. The van der Waals surface area contributed by atoms with E-state index in [1.807, 2.05) is 12.1 Å². The summed E-state index contributed by atoms with van der Waals surface area (Å²) >= 11 is 11.9. The van der Waals surface area contributed by atoms with Gasteiger partial charge in [-0.2, -0.15) is 0 Å². The molecule has 2 aliphatic heterocycles. The van der Waals surface area contributed by atoms with Gasteiger partial charge in [0.1, 0.15) is 0 Å². The monoisotopic (exact) mass is 523 g/mol. The van der Waals surface area contributed by atoms with Crippen LogP contribution in [0.3, 0.4) is 0 Å². The maximum absolute atomic E-state index is 12.9. The lowest BCUT2D eigenvalue weighted by Crippen LogP contribution is -2.43. The average Bonchev–Trinajstić information content (AvgIpc) is 3.34. The number of likely N-dealkylation sites (tertiary alicyclic amines) is 1. The van der Waals surface area contributed by atoms with Crippen molar-refractivity contribution in [2.45, 2.75) is 44.5 Å². The van der Waals surface area contributed by atoms with E-state index in [0.717, 1.165) is 25.2 Å². The van der Waals surface area contributed by atoms with Crippen molar-refractivity contribution in [2.24, 2.45) is 5.92 Å². The van der Waals surface area contributed by atoms with Crippen LogP contribution in [0.1, 0.15) is 42.4 Å². The molecule has 2 fully saturated rings. The average molecular weight is 525 g/mol. The van der Waals surface area contributed by atoms with Gasteiger partial charge in [-0.25, -0.2) is 12.7 Å². The van der Waals surface area contributed by atoms with Crippen molar-refractivity contribution >= 4 is 39.1 Å². The van der Waals surface area contributed by atoms with Crippen molar-refractivity contribution in [1.82, 2.24) is 14.5 Å². The molecule has 0 aliphatic carbocycles. The molecule has 184 valence electrons. The summed E-state index contributed by atoms with van der Waals surface area (Å²) in [6.45, 7) is 4.36. The maximum Gasteiger partial charge on any atom is 0.223 e. The number of sulfonamides is 1. The Balaban J connectivity index is 1.28. The number of nitrogens with zero attached hydrogens (tertiary/aromatic N) is 2. The van der Waals surface area contributed by atoms with Crippen molar-refractivity contribution in [2.75, 3.05) is 26.2 Å². The first-order chi connectivity index (χ1) is 16.3. The Bertz CT molecular complexity index is 1110. The molecule has 2 aromatic rings. The van der Waals surface area contributed by atoms with E-state index in [-0.39, 0.29) is 17.6 Å². The molecule has 4 rings (SSSR count). The fourth-order valence-corrected chi connectivity index (χ4v) is 6.59. The Morgan fingerprint density at radius 3 is 2.29 bits per heavy atom. The predicted octanol–water partition coefficient (Wildman–Crippen LogP) is 4.45. The van der Waals surface area contributed by atoms with E-state index < -0.39 is 10.0 Å². The number of amides is 1.